The summed E-state index contributed by atoms with van der Waals surface area (Å²) in [5.74, 6) is -0.934. The number of carbonyl (C=O) groups excluding carboxylic acids is 4. The number of aromatic amines is 1. The number of Topliss-reactive ketones (excluding diaryl/α,β-unsaturated/α-hetero) is 3. The number of H-pyrrole nitrogens is 1. The summed E-state index contributed by atoms with van der Waals surface area (Å²) in [6, 6.07) is 0. The van der Waals surface area contributed by atoms with Crippen LogP contribution < -0.4 is 0 Å². The largest absolute Gasteiger partial charge is 0.454 e. The third kappa shape index (κ3) is 3.62. The van der Waals surface area contributed by atoms with Crippen molar-refractivity contribution in [3.63, 3.8) is 0 Å². The second-order valence-corrected chi connectivity index (χ2v) is 8.02. The molecule has 2 aliphatic carbocycles. The van der Waals surface area contributed by atoms with Crippen molar-refractivity contribution >= 4 is 23.3 Å². The molecule has 0 amide bonds. The molecule has 6 heteroatoms. The molecule has 0 aromatic carbocycles. The second kappa shape index (κ2) is 7.41. The molecule has 0 aliphatic heterocycles. The Morgan fingerprint density at radius 2 is 1.70 bits per heavy atom. The highest BCUT2D eigenvalue weighted by atomic mass is 16.5. The zero-order chi connectivity index (χ0) is 19.9. The third-order valence-electron chi connectivity index (χ3n) is 6.08. The zero-order valence-electron chi connectivity index (χ0n) is 16.4. The highest BCUT2D eigenvalue weighted by Crippen LogP contribution is 2.40. The second-order valence-electron chi connectivity index (χ2n) is 8.02. The first kappa shape index (κ1) is 19.5. The van der Waals surface area contributed by atoms with Crippen LogP contribution in [0, 0.1) is 31.6 Å². The average Bonchev–Trinajstić information content (AvgIpc) is 2.88. The predicted molar refractivity (Wildman–Crippen MR) is 98.7 cm³/mol. The zero-order valence-corrected chi connectivity index (χ0v) is 16.4. The molecule has 3 unspecified atom stereocenters. The van der Waals surface area contributed by atoms with Crippen LogP contribution in [0.4, 0.5) is 0 Å². The Balaban J connectivity index is 1.68. The Morgan fingerprint density at radius 1 is 1.11 bits per heavy atom. The highest BCUT2D eigenvalue weighted by Gasteiger charge is 2.42. The van der Waals surface area contributed by atoms with Gasteiger partial charge in [-0.25, -0.2) is 0 Å². The smallest absolute Gasteiger partial charge is 0.309 e. The van der Waals surface area contributed by atoms with Crippen molar-refractivity contribution in [2.75, 3.05) is 0 Å². The summed E-state index contributed by atoms with van der Waals surface area (Å²) in [6.07, 6.45) is 2.87. The van der Waals surface area contributed by atoms with Gasteiger partial charge in [-0.05, 0) is 58.9 Å². The Hall–Kier alpha value is -2.24. The molecule has 0 spiro atoms. The minimum atomic E-state index is -0.938. The molecular formula is C21H27NO5. The fraction of sp³-hybridized carbons (Fsp3) is 0.619. The van der Waals surface area contributed by atoms with Gasteiger partial charge < -0.3 is 9.72 Å². The molecule has 2 fully saturated rings. The van der Waals surface area contributed by atoms with Gasteiger partial charge in [-0.1, -0.05) is 6.42 Å². The fourth-order valence-corrected chi connectivity index (χ4v) is 4.72. The van der Waals surface area contributed by atoms with Crippen LogP contribution in [0.15, 0.2) is 0 Å². The lowest BCUT2D eigenvalue weighted by molar-refractivity contribution is -0.155. The van der Waals surface area contributed by atoms with Crippen LogP contribution in [-0.2, 0) is 14.3 Å². The van der Waals surface area contributed by atoms with Crippen molar-refractivity contribution in [3.05, 3.63) is 22.5 Å². The average molecular weight is 373 g/mol. The molecule has 146 valence electrons. The lowest BCUT2D eigenvalue weighted by Crippen LogP contribution is -2.40. The first-order chi connectivity index (χ1) is 12.7. The number of carbonyl (C=O) groups is 4. The molecule has 0 saturated heterocycles. The molecule has 1 N–H and O–H groups in total. The van der Waals surface area contributed by atoms with Gasteiger partial charge in [0.05, 0.1) is 11.6 Å². The van der Waals surface area contributed by atoms with E-state index in [1.165, 1.54) is 6.92 Å². The number of hydrogen-bond acceptors (Lipinski definition) is 5. The molecule has 1 heterocycles. The minimum absolute atomic E-state index is 0.0347. The number of ether oxygens (including phenoxy) is 1. The molecule has 1 aromatic rings. The van der Waals surface area contributed by atoms with Gasteiger partial charge >= 0.3 is 5.97 Å². The van der Waals surface area contributed by atoms with Crippen LogP contribution in [0.1, 0.15) is 78.1 Å². The molecule has 3 atom stereocenters. The maximum atomic E-state index is 12.7. The lowest BCUT2D eigenvalue weighted by Gasteiger charge is -2.36. The first-order valence-electron chi connectivity index (χ1n) is 9.69. The first-order valence-corrected chi connectivity index (χ1v) is 9.69. The summed E-state index contributed by atoms with van der Waals surface area (Å²) in [5.41, 5.74) is 2.05. The molecule has 2 aliphatic rings. The van der Waals surface area contributed by atoms with Gasteiger partial charge in [-0.2, -0.15) is 0 Å². The highest BCUT2D eigenvalue weighted by molar-refractivity contribution is 6.05. The van der Waals surface area contributed by atoms with Crippen molar-refractivity contribution < 1.29 is 23.9 Å². The van der Waals surface area contributed by atoms with E-state index in [1.807, 2.05) is 0 Å². The summed E-state index contributed by atoms with van der Waals surface area (Å²) in [5, 5.41) is 0. The van der Waals surface area contributed by atoms with E-state index >= 15 is 0 Å². The third-order valence-corrected chi connectivity index (χ3v) is 6.08. The van der Waals surface area contributed by atoms with E-state index in [1.54, 1.807) is 20.8 Å². The van der Waals surface area contributed by atoms with E-state index in [0.717, 1.165) is 19.3 Å². The Bertz CT molecular complexity index is 790. The monoisotopic (exact) mass is 373 g/mol. The number of aryl methyl sites for hydroxylation is 1. The van der Waals surface area contributed by atoms with E-state index in [2.05, 4.69) is 4.98 Å². The van der Waals surface area contributed by atoms with Crippen molar-refractivity contribution in [2.24, 2.45) is 17.8 Å². The van der Waals surface area contributed by atoms with Crippen molar-refractivity contribution in [1.82, 2.24) is 4.98 Å². The van der Waals surface area contributed by atoms with Crippen LogP contribution in [0.25, 0.3) is 0 Å². The predicted octanol–water partition coefficient (Wildman–Crippen LogP) is 3.34. The van der Waals surface area contributed by atoms with Gasteiger partial charge in [0.15, 0.2) is 11.9 Å². The topological polar surface area (TPSA) is 93.3 Å². The minimum Gasteiger partial charge on any atom is -0.454 e. The van der Waals surface area contributed by atoms with Gasteiger partial charge in [0.2, 0.25) is 5.78 Å². The van der Waals surface area contributed by atoms with Crippen LogP contribution >= 0.6 is 0 Å². The van der Waals surface area contributed by atoms with E-state index < -0.39 is 12.1 Å². The van der Waals surface area contributed by atoms with E-state index in [4.69, 9.17) is 4.74 Å². The maximum absolute atomic E-state index is 12.7. The molecule has 6 nitrogen and oxygen atoms in total. The van der Waals surface area contributed by atoms with Crippen LogP contribution in [0.2, 0.25) is 0 Å². The number of nitrogens with one attached hydrogen (secondary N) is 1. The molecule has 2 saturated carbocycles. The number of esters is 1. The fourth-order valence-electron chi connectivity index (χ4n) is 4.72. The normalized spacial score (nSPS) is 25.8. The van der Waals surface area contributed by atoms with Gasteiger partial charge in [0.25, 0.3) is 0 Å². The quantitative estimate of drug-likeness (QED) is 0.631. The molecule has 1 aromatic heterocycles. The van der Waals surface area contributed by atoms with Crippen molar-refractivity contribution in [3.8, 4) is 0 Å². The Morgan fingerprint density at radius 3 is 2.22 bits per heavy atom. The number of ketones is 3. The van der Waals surface area contributed by atoms with Crippen LogP contribution in [-0.4, -0.2) is 34.4 Å². The van der Waals surface area contributed by atoms with Gasteiger partial charge in [-0.15, -0.1) is 0 Å². The van der Waals surface area contributed by atoms with E-state index in [0.29, 0.717) is 41.1 Å². The SMILES string of the molecule is CC(=O)c1c(C)[nH]c(C(=O)C(C)OC(=O)C2CC3CCCC(C2)C3=O)c1C. The molecule has 27 heavy (non-hydrogen) atoms. The summed E-state index contributed by atoms with van der Waals surface area (Å²) in [4.78, 5) is 52.2. The van der Waals surface area contributed by atoms with Gasteiger partial charge in [-0.3, -0.25) is 19.2 Å². The summed E-state index contributed by atoms with van der Waals surface area (Å²) in [6.45, 7) is 6.48. The number of rotatable bonds is 5. The summed E-state index contributed by atoms with van der Waals surface area (Å²) < 4.78 is 5.47. The number of fused-ring (bicyclic) bond motifs is 2. The number of hydrogen-bond donors (Lipinski definition) is 1. The van der Waals surface area contributed by atoms with Gasteiger partial charge in [0.1, 0.15) is 5.78 Å². The summed E-state index contributed by atoms with van der Waals surface area (Å²) >= 11 is 0. The molecule has 0 radical (unpaired) electrons. The molecule has 3 rings (SSSR count). The van der Waals surface area contributed by atoms with Gasteiger partial charge in [0, 0.05) is 23.1 Å². The lowest BCUT2D eigenvalue weighted by atomic mass is 9.67. The number of aromatic nitrogens is 1. The molecular weight excluding hydrogens is 346 g/mol. The maximum Gasteiger partial charge on any atom is 0.309 e. The van der Waals surface area contributed by atoms with E-state index in [-0.39, 0.29) is 29.3 Å². The van der Waals surface area contributed by atoms with Crippen LogP contribution in [0.3, 0.4) is 0 Å². The summed E-state index contributed by atoms with van der Waals surface area (Å²) in [7, 11) is 0. The Kier molecular flexibility index (Phi) is 5.36. The van der Waals surface area contributed by atoms with Crippen molar-refractivity contribution in [2.45, 2.75) is 65.9 Å². The Labute approximate surface area is 159 Å². The standard InChI is InChI=1S/C21H27NO5/c1-10-17(12(3)23)11(2)22-18(10)19(24)13(4)27-21(26)16-8-14-6-5-7-15(9-16)20(14)25/h13-16,22H,5-9H2,1-4H3. The van der Waals surface area contributed by atoms with Crippen molar-refractivity contribution in [1.29, 1.82) is 0 Å². The van der Waals surface area contributed by atoms with Crippen LogP contribution in [0.5, 0.6) is 0 Å². The van der Waals surface area contributed by atoms with E-state index in [9.17, 15) is 19.2 Å². The molecule has 2 bridgehead atoms.